The number of ether oxygens (including phenoxy) is 1. The maximum atomic E-state index is 12.5. The second kappa shape index (κ2) is 13.8. The fourth-order valence-corrected chi connectivity index (χ4v) is 3.40. The molecule has 0 saturated heterocycles. The Bertz CT molecular complexity index is 786. The van der Waals surface area contributed by atoms with Crippen molar-refractivity contribution in [1.82, 2.24) is 0 Å². The van der Waals surface area contributed by atoms with Crippen molar-refractivity contribution in [2.24, 2.45) is 5.92 Å². The largest absolute Gasteiger partial charge is 0.748 e. The first-order valence-corrected chi connectivity index (χ1v) is 10.2. The Hall–Kier alpha value is -2.30. The van der Waals surface area contributed by atoms with Crippen molar-refractivity contribution in [1.29, 1.82) is 0 Å². The van der Waals surface area contributed by atoms with Gasteiger partial charge in [0.05, 0.1) is 12.4 Å². The van der Waals surface area contributed by atoms with Gasteiger partial charge in [-0.15, -0.1) is 11.6 Å². The zero-order valence-corrected chi connectivity index (χ0v) is 18.4. The first kappa shape index (κ1) is 25.7. The smallest absolute Gasteiger partial charge is 0.305 e. The first-order chi connectivity index (χ1) is 14.0. The van der Waals surface area contributed by atoms with Gasteiger partial charge in [0.25, 0.3) is 0 Å². The molecule has 1 fully saturated rings. The molecule has 0 aromatic heterocycles. The average molecular weight is 452 g/mol. The molecule has 2 aromatic rings. The number of carbonyl (C=O) groups excluding carboxylic acids is 4. The molecule has 0 bridgehead atoms. The number of unbranched alkanes of at least 4 members (excludes halogenated alkanes) is 1. The van der Waals surface area contributed by atoms with Crippen LogP contribution in [-0.2, 0) is 31.4 Å². The van der Waals surface area contributed by atoms with Crippen LogP contribution < -0.4 is 0 Å². The zero-order valence-electron chi connectivity index (χ0n) is 17.2. The molecule has 5 nitrogen and oxygen atoms in total. The molecule has 168 valence electrons. The van der Waals surface area contributed by atoms with E-state index in [0.29, 0.717) is 49.8 Å². The van der Waals surface area contributed by atoms with Crippen LogP contribution in [0.3, 0.4) is 0 Å². The molecule has 1 aliphatic rings. The Kier molecular flexibility index (Phi) is 11.9. The molecule has 0 aliphatic heterocycles. The van der Waals surface area contributed by atoms with E-state index < -0.39 is 5.92 Å². The van der Waals surface area contributed by atoms with Gasteiger partial charge in [0.1, 0.15) is 11.6 Å². The Morgan fingerprint density at radius 1 is 1.10 bits per heavy atom. The summed E-state index contributed by atoms with van der Waals surface area (Å²) >= 11 is 0. The SMILES string of the molecule is CCOC(=O)CCCCC(=O)[c-]1cccc1C(=O)C1CCCC1=O.[Fe].[cH-]1[cH-][cH-][cH-][cH-]1. The fourth-order valence-electron chi connectivity index (χ4n) is 3.40. The molecular weight excluding hydrogens is 424 g/mol. The summed E-state index contributed by atoms with van der Waals surface area (Å²) in [5, 5.41) is 0. The number of carbonyl (C=O) groups is 4. The van der Waals surface area contributed by atoms with E-state index in [9.17, 15) is 19.2 Å². The molecule has 30 heavy (non-hydrogen) atoms. The maximum absolute atomic E-state index is 12.5. The number of ketones is 3. The molecule has 0 radical (unpaired) electrons. The number of esters is 1. The average Bonchev–Trinajstić information content (AvgIpc) is 3.48. The van der Waals surface area contributed by atoms with Gasteiger partial charge >= 0.3 is 5.97 Å². The van der Waals surface area contributed by atoms with Gasteiger partial charge in [-0.25, -0.2) is 0 Å². The summed E-state index contributed by atoms with van der Waals surface area (Å²) in [7, 11) is 0. The monoisotopic (exact) mass is 452 g/mol. The van der Waals surface area contributed by atoms with Crippen molar-refractivity contribution in [3.05, 3.63) is 59.7 Å². The topological polar surface area (TPSA) is 77.5 Å². The van der Waals surface area contributed by atoms with Crippen LogP contribution in [0.15, 0.2) is 48.5 Å². The van der Waals surface area contributed by atoms with E-state index in [4.69, 9.17) is 4.74 Å². The van der Waals surface area contributed by atoms with Gasteiger partial charge in [0, 0.05) is 42.2 Å². The Labute approximate surface area is 188 Å². The molecule has 0 spiro atoms. The first-order valence-electron chi connectivity index (χ1n) is 10.2. The summed E-state index contributed by atoms with van der Waals surface area (Å²) in [6, 6.07) is 14.9. The molecule has 1 atom stereocenters. The third-order valence-electron chi connectivity index (χ3n) is 4.90. The summed E-state index contributed by atoms with van der Waals surface area (Å²) < 4.78 is 4.84. The maximum Gasteiger partial charge on any atom is 0.305 e. The minimum Gasteiger partial charge on any atom is -0.748 e. The Morgan fingerprint density at radius 2 is 1.73 bits per heavy atom. The summed E-state index contributed by atoms with van der Waals surface area (Å²) in [6.07, 6.45) is 3.50. The van der Waals surface area contributed by atoms with Gasteiger partial charge in [0.15, 0.2) is 0 Å². The van der Waals surface area contributed by atoms with Crippen LogP contribution >= 0.6 is 0 Å². The summed E-state index contributed by atoms with van der Waals surface area (Å²) in [6.45, 7) is 2.11. The third kappa shape index (κ3) is 7.85. The van der Waals surface area contributed by atoms with Crippen molar-refractivity contribution >= 4 is 23.3 Å². The minimum atomic E-state index is -0.581. The molecule has 1 saturated carbocycles. The summed E-state index contributed by atoms with van der Waals surface area (Å²) in [5.41, 5.74) is 0.765. The molecule has 1 aliphatic carbocycles. The Balaban J connectivity index is 0.000000655. The van der Waals surface area contributed by atoms with Crippen LogP contribution in [0.5, 0.6) is 0 Å². The van der Waals surface area contributed by atoms with Crippen LogP contribution in [0.4, 0.5) is 0 Å². The van der Waals surface area contributed by atoms with Crippen molar-refractivity contribution in [2.45, 2.75) is 51.9 Å². The van der Waals surface area contributed by atoms with Gasteiger partial charge in [-0.2, -0.15) is 12.1 Å². The molecule has 6 heteroatoms. The standard InChI is InChI=1S/C19H23O5.C5H5.Fe/c1-2-24-18(22)12-4-3-10-16(20)13-7-5-8-14(13)19(23)15-9-6-11-17(15)21;1-2-4-5-3-1;/h5,7-8,15H,2-4,6,9-12H2,1H3;1-5H;/q-1;-5;. The quantitative estimate of drug-likeness (QED) is 0.138. The van der Waals surface area contributed by atoms with Crippen LogP contribution in [0, 0.1) is 5.92 Å². The molecule has 0 amide bonds. The van der Waals surface area contributed by atoms with Crippen LogP contribution in [-0.4, -0.2) is 29.9 Å². The van der Waals surface area contributed by atoms with E-state index in [1.54, 1.807) is 25.1 Å². The van der Waals surface area contributed by atoms with Crippen LogP contribution in [0.2, 0.25) is 0 Å². The number of hydrogen-bond donors (Lipinski definition) is 0. The summed E-state index contributed by atoms with van der Waals surface area (Å²) in [4.78, 5) is 47.9. The van der Waals surface area contributed by atoms with E-state index in [2.05, 4.69) is 0 Å². The van der Waals surface area contributed by atoms with E-state index >= 15 is 0 Å². The second-order valence-electron chi connectivity index (χ2n) is 7.03. The van der Waals surface area contributed by atoms with Crippen LogP contribution in [0.1, 0.15) is 72.6 Å². The molecule has 2 aromatic carbocycles. The molecule has 1 unspecified atom stereocenters. The van der Waals surface area contributed by atoms with E-state index in [0.717, 1.165) is 6.42 Å². The minimum absolute atomic E-state index is 0. The van der Waals surface area contributed by atoms with Crippen molar-refractivity contribution in [2.75, 3.05) is 6.61 Å². The molecule has 0 N–H and O–H groups in total. The molecule has 0 heterocycles. The van der Waals surface area contributed by atoms with E-state index in [-0.39, 0.29) is 46.8 Å². The fraction of sp³-hybridized carbons (Fsp3) is 0.417. The second-order valence-corrected chi connectivity index (χ2v) is 7.03. The van der Waals surface area contributed by atoms with Gasteiger partial charge in [0.2, 0.25) is 0 Å². The zero-order chi connectivity index (χ0) is 21.1. The number of Topliss-reactive ketones (excluding diaryl/α,β-unsaturated/α-hetero) is 3. The number of rotatable bonds is 9. The van der Waals surface area contributed by atoms with Gasteiger partial charge < -0.3 is 44.7 Å². The van der Waals surface area contributed by atoms with Gasteiger partial charge in [-0.3, -0.25) is 9.59 Å². The predicted molar refractivity (Wildman–Crippen MR) is 110 cm³/mol. The van der Waals surface area contributed by atoms with Crippen molar-refractivity contribution in [3.8, 4) is 0 Å². The van der Waals surface area contributed by atoms with Crippen molar-refractivity contribution in [3.63, 3.8) is 0 Å². The number of hydrogen-bond acceptors (Lipinski definition) is 5. The summed E-state index contributed by atoms with van der Waals surface area (Å²) in [5.74, 6) is -1.19. The van der Waals surface area contributed by atoms with Crippen molar-refractivity contribution < 1.29 is 41.0 Å². The van der Waals surface area contributed by atoms with Gasteiger partial charge in [-0.1, -0.05) is 5.56 Å². The van der Waals surface area contributed by atoms with E-state index in [1.807, 2.05) is 30.3 Å². The normalized spacial score (nSPS) is 15.0. The molecule has 3 rings (SSSR count). The predicted octanol–water partition coefficient (Wildman–Crippen LogP) is 4.67. The van der Waals surface area contributed by atoms with Gasteiger partial charge in [-0.05, 0) is 32.6 Å². The molecular formula is C24H28FeO5-6. The third-order valence-corrected chi connectivity index (χ3v) is 4.90. The Morgan fingerprint density at radius 3 is 2.30 bits per heavy atom. The van der Waals surface area contributed by atoms with E-state index in [1.165, 1.54) is 0 Å². The van der Waals surface area contributed by atoms with Crippen LogP contribution in [0.25, 0.3) is 0 Å².